The molecule has 0 radical (unpaired) electrons. The molecule has 0 saturated heterocycles. The number of carbonyl (C=O) groups excluding carboxylic acids is 1. The van der Waals surface area contributed by atoms with Crippen molar-refractivity contribution in [1.82, 2.24) is 4.31 Å². The van der Waals surface area contributed by atoms with Gasteiger partial charge in [0.1, 0.15) is 12.4 Å². The van der Waals surface area contributed by atoms with Gasteiger partial charge in [-0.2, -0.15) is 0 Å². The molecule has 0 unspecified atom stereocenters. The Balaban J connectivity index is 1.78. The molecule has 0 aliphatic heterocycles. The van der Waals surface area contributed by atoms with Crippen molar-refractivity contribution in [2.75, 3.05) is 19.4 Å². The Morgan fingerprint density at radius 2 is 1.62 bits per heavy atom. The first-order chi connectivity index (χ1) is 13.9. The molecule has 0 aromatic heterocycles. The van der Waals surface area contributed by atoms with E-state index in [2.05, 4.69) is 5.32 Å². The zero-order valence-electron chi connectivity index (χ0n) is 16.2. The molecule has 3 aromatic carbocycles. The van der Waals surface area contributed by atoms with Crippen LogP contribution in [0, 0.1) is 0 Å². The maximum Gasteiger partial charge on any atom is 0.259 e. The lowest BCUT2D eigenvalue weighted by atomic mass is 10.1. The third-order valence-electron chi connectivity index (χ3n) is 4.24. The van der Waals surface area contributed by atoms with Crippen molar-refractivity contribution in [2.24, 2.45) is 0 Å². The second-order valence-electron chi connectivity index (χ2n) is 6.54. The van der Waals surface area contributed by atoms with E-state index < -0.39 is 10.0 Å². The van der Waals surface area contributed by atoms with Crippen LogP contribution in [0.3, 0.4) is 0 Å². The van der Waals surface area contributed by atoms with E-state index in [1.807, 2.05) is 30.3 Å². The lowest BCUT2D eigenvalue weighted by Gasteiger charge is -2.14. The summed E-state index contributed by atoms with van der Waals surface area (Å²) in [4.78, 5) is 12.9. The number of nitrogens with zero attached hydrogens (tertiary/aromatic N) is 1. The average molecular weight is 410 g/mol. The van der Waals surface area contributed by atoms with Gasteiger partial charge in [0.15, 0.2) is 0 Å². The number of rotatable bonds is 7. The quantitative estimate of drug-likeness (QED) is 0.643. The Hall–Kier alpha value is -3.16. The Bertz CT molecular complexity index is 1100. The number of para-hydroxylation sites is 1. The number of nitrogens with one attached hydrogen (secondary N) is 1. The van der Waals surface area contributed by atoms with E-state index in [4.69, 9.17) is 4.74 Å². The van der Waals surface area contributed by atoms with Crippen molar-refractivity contribution in [1.29, 1.82) is 0 Å². The molecule has 0 spiro atoms. The molecule has 0 saturated carbocycles. The number of amides is 1. The summed E-state index contributed by atoms with van der Waals surface area (Å²) in [5.41, 5.74) is 1.74. The van der Waals surface area contributed by atoms with Crippen LogP contribution in [-0.4, -0.2) is 32.7 Å². The SMILES string of the molecule is CN(C)S(=O)(=O)c1cccc(NC(=O)c2ccccc2OCc2ccccc2)c1. The van der Waals surface area contributed by atoms with Crippen LogP contribution in [0.5, 0.6) is 5.75 Å². The predicted molar refractivity (Wildman–Crippen MR) is 112 cm³/mol. The predicted octanol–water partition coefficient (Wildman–Crippen LogP) is 3.77. The van der Waals surface area contributed by atoms with E-state index in [9.17, 15) is 13.2 Å². The second-order valence-corrected chi connectivity index (χ2v) is 8.69. The van der Waals surface area contributed by atoms with Crippen LogP contribution < -0.4 is 10.1 Å². The molecule has 0 aliphatic carbocycles. The van der Waals surface area contributed by atoms with Crippen molar-refractivity contribution in [3.05, 3.63) is 90.0 Å². The third kappa shape index (κ3) is 5.01. The highest BCUT2D eigenvalue weighted by Gasteiger charge is 2.18. The number of anilines is 1. The summed E-state index contributed by atoms with van der Waals surface area (Å²) in [6, 6.07) is 22.7. The molecule has 0 atom stereocenters. The van der Waals surface area contributed by atoms with Gasteiger partial charge in [-0.15, -0.1) is 0 Å². The van der Waals surface area contributed by atoms with Crippen molar-refractivity contribution in [3.8, 4) is 5.75 Å². The lowest BCUT2D eigenvalue weighted by molar-refractivity contribution is 0.102. The van der Waals surface area contributed by atoms with Crippen LogP contribution in [0.4, 0.5) is 5.69 Å². The molecule has 150 valence electrons. The normalized spacial score (nSPS) is 11.3. The van der Waals surface area contributed by atoms with Crippen LogP contribution in [-0.2, 0) is 16.6 Å². The van der Waals surface area contributed by atoms with Gasteiger partial charge in [-0.3, -0.25) is 4.79 Å². The number of carbonyl (C=O) groups is 1. The van der Waals surface area contributed by atoms with Gasteiger partial charge in [0.25, 0.3) is 5.91 Å². The van der Waals surface area contributed by atoms with Gasteiger partial charge in [-0.1, -0.05) is 48.5 Å². The minimum atomic E-state index is -3.59. The highest BCUT2D eigenvalue weighted by atomic mass is 32.2. The van der Waals surface area contributed by atoms with Crippen molar-refractivity contribution < 1.29 is 17.9 Å². The van der Waals surface area contributed by atoms with Crippen LogP contribution in [0.1, 0.15) is 15.9 Å². The van der Waals surface area contributed by atoms with Crippen molar-refractivity contribution in [3.63, 3.8) is 0 Å². The van der Waals surface area contributed by atoms with Crippen LogP contribution in [0.25, 0.3) is 0 Å². The number of hydrogen-bond acceptors (Lipinski definition) is 4. The minimum absolute atomic E-state index is 0.105. The number of benzene rings is 3. The Labute approximate surface area is 170 Å². The number of ether oxygens (including phenoxy) is 1. The number of hydrogen-bond donors (Lipinski definition) is 1. The molecule has 0 heterocycles. The first-order valence-electron chi connectivity index (χ1n) is 8.97. The summed E-state index contributed by atoms with van der Waals surface area (Å²) in [6.45, 7) is 0.335. The average Bonchev–Trinajstić information content (AvgIpc) is 2.73. The van der Waals surface area contributed by atoms with Gasteiger partial charge in [0.05, 0.1) is 10.5 Å². The van der Waals surface area contributed by atoms with Crippen molar-refractivity contribution in [2.45, 2.75) is 11.5 Å². The van der Waals surface area contributed by atoms with Gasteiger partial charge in [0, 0.05) is 19.8 Å². The fourth-order valence-electron chi connectivity index (χ4n) is 2.66. The molecule has 3 rings (SSSR count). The molecule has 29 heavy (non-hydrogen) atoms. The van der Waals surface area contributed by atoms with E-state index in [-0.39, 0.29) is 10.8 Å². The summed E-state index contributed by atoms with van der Waals surface area (Å²) >= 11 is 0. The maximum atomic E-state index is 12.8. The Morgan fingerprint density at radius 3 is 2.34 bits per heavy atom. The van der Waals surface area contributed by atoms with E-state index >= 15 is 0 Å². The molecule has 3 aromatic rings. The largest absolute Gasteiger partial charge is 0.488 e. The molecule has 7 heteroatoms. The first kappa shape index (κ1) is 20.6. The van der Waals surface area contributed by atoms with E-state index in [0.717, 1.165) is 9.87 Å². The van der Waals surface area contributed by atoms with Gasteiger partial charge in [-0.25, -0.2) is 12.7 Å². The van der Waals surface area contributed by atoms with Crippen molar-refractivity contribution >= 4 is 21.6 Å². The summed E-state index contributed by atoms with van der Waals surface area (Å²) in [5, 5.41) is 2.75. The highest BCUT2D eigenvalue weighted by molar-refractivity contribution is 7.89. The van der Waals surface area contributed by atoms with Crippen LogP contribution >= 0.6 is 0 Å². The third-order valence-corrected chi connectivity index (χ3v) is 6.05. The standard InChI is InChI=1S/C22H22N2O4S/c1-24(2)29(26,27)19-12-8-11-18(15-19)23-22(25)20-13-6-7-14-21(20)28-16-17-9-4-3-5-10-17/h3-15H,16H2,1-2H3,(H,23,25). The summed E-state index contributed by atoms with van der Waals surface area (Å²) < 4.78 is 31.6. The molecule has 1 N–H and O–H groups in total. The van der Waals surface area contributed by atoms with Gasteiger partial charge >= 0.3 is 0 Å². The fraction of sp³-hybridized carbons (Fsp3) is 0.136. The summed E-state index contributed by atoms with van der Waals surface area (Å²) in [6.07, 6.45) is 0. The van der Waals surface area contributed by atoms with E-state index in [0.29, 0.717) is 23.6 Å². The summed E-state index contributed by atoms with van der Waals surface area (Å²) in [5.74, 6) is 0.0685. The molecular formula is C22H22N2O4S. The monoisotopic (exact) mass is 410 g/mol. The molecule has 0 bridgehead atoms. The minimum Gasteiger partial charge on any atom is -0.488 e. The molecule has 0 aliphatic rings. The van der Waals surface area contributed by atoms with Crippen LogP contribution in [0.2, 0.25) is 0 Å². The zero-order valence-corrected chi connectivity index (χ0v) is 17.0. The van der Waals surface area contributed by atoms with E-state index in [1.54, 1.807) is 36.4 Å². The Kier molecular flexibility index (Phi) is 6.31. The maximum absolute atomic E-state index is 12.8. The molecule has 1 amide bonds. The topological polar surface area (TPSA) is 75.7 Å². The van der Waals surface area contributed by atoms with Gasteiger partial charge in [0.2, 0.25) is 10.0 Å². The smallest absolute Gasteiger partial charge is 0.259 e. The lowest BCUT2D eigenvalue weighted by Crippen LogP contribution is -2.22. The van der Waals surface area contributed by atoms with Gasteiger partial charge in [-0.05, 0) is 35.9 Å². The van der Waals surface area contributed by atoms with E-state index in [1.165, 1.54) is 26.2 Å². The molecular weight excluding hydrogens is 388 g/mol. The number of sulfonamides is 1. The second kappa shape index (κ2) is 8.89. The molecule has 6 nitrogen and oxygen atoms in total. The summed E-state index contributed by atoms with van der Waals surface area (Å²) in [7, 11) is -0.671. The Morgan fingerprint density at radius 1 is 0.931 bits per heavy atom. The van der Waals surface area contributed by atoms with Crippen LogP contribution in [0.15, 0.2) is 83.8 Å². The zero-order chi connectivity index (χ0) is 20.9. The highest BCUT2D eigenvalue weighted by Crippen LogP contribution is 2.23. The fourth-order valence-corrected chi connectivity index (χ4v) is 3.61. The van der Waals surface area contributed by atoms with Gasteiger partial charge < -0.3 is 10.1 Å². The first-order valence-corrected chi connectivity index (χ1v) is 10.4. The molecule has 0 fully saturated rings.